The quantitative estimate of drug-likeness (QED) is 0.569. The summed E-state index contributed by atoms with van der Waals surface area (Å²) in [4.78, 5) is 23.2. The summed E-state index contributed by atoms with van der Waals surface area (Å²) >= 11 is 0. The van der Waals surface area contributed by atoms with Gasteiger partial charge in [0.2, 0.25) is 0 Å². The summed E-state index contributed by atoms with van der Waals surface area (Å²) in [5.74, 6) is 0. The number of nitrogens with zero attached hydrogens (tertiary/aromatic N) is 3. The van der Waals surface area contributed by atoms with Crippen LogP contribution in [-0.2, 0) is 12.4 Å². The van der Waals surface area contributed by atoms with Crippen LogP contribution in [0.4, 0.5) is 36.8 Å². The van der Waals surface area contributed by atoms with Crippen molar-refractivity contribution in [1.29, 1.82) is 0 Å². The number of carbonyl (C=O) groups excluding carboxylic acids is 1. The summed E-state index contributed by atoms with van der Waals surface area (Å²) in [7, 11) is 0. The van der Waals surface area contributed by atoms with Crippen LogP contribution < -0.4 is 10.6 Å². The molecule has 0 aliphatic carbocycles. The summed E-state index contributed by atoms with van der Waals surface area (Å²) in [5, 5.41) is 4.69. The number of hydrogen-bond acceptors (Lipinski definition) is 4. The Balaban J connectivity index is 2.00. The third-order valence-corrected chi connectivity index (χ3v) is 4.02. The smallest absolute Gasteiger partial charge is 0.325 e. The molecule has 12 heteroatoms. The van der Waals surface area contributed by atoms with Gasteiger partial charge in [-0.05, 0) is 35.9 Å². The predicted octanol–water partition coefficient (Wildman–Crippen LogP) is 4.82. The number of amides is 2. The maximum Gasteiger partial charge on any atom is 0.433 e. The lowest BCUT2D eigenvalue weighted by atomic mass is 10.00. The third kappa shape index (κ3) is 5.47. The van der Waals surface area contributed by atoms with Crippen LogP contribution in [0.3, 0.4) is 0 Å². The fraction of sp³-hybridized carbons (Fsp3) is 0.158. The third-order valence-electron chi connectivity index (χ3n) is 4.02. The minimum atomic E-state index is -4.82. The largest absolute Gasteiger partial charge is 0.433 e. The molecule has 31 heavy (non-hydrogen) atoms. The van der Waals surface area contributed by atoms with Gasteiger partial charge in [0.1, 0.15) is 11.7 Å². The van der Waals surface area contributed by atoms with Crippen molar-refractivity contribution in [2.75, 3.05) is 5.32 Å². The van der Waals surface area contributed by atoms with Gasteiger partial charge in [0.05, 0.1) is 23.1 Å². The first kappa shape index (κ1) is 22.0. The van der Waals surface area contributed by atoms with E-state index in [1.54, 1.807) is 0 Å². The molecular formula is C19H13F6N5O. The Morgan fingerprint density at radius 3 is 2.19 bits per heavy atom. The molecular weight excluding hydrogens is 428 g/mol. The number of nitrogens with one attached hydrogen (secondary N) is 2. The van der Waals surface area contributed by atoms with Crippen molar-refractivity contribution in [3.8, 4) is 0 Å². The average Bonchev–Trinajstić information content (AvgIpc) is 2.72. The van der Waals surface area contributed by atoms with Gasteiger partial charge in [0, 0.05) is 18.6 Å². The van der Waals surface area contributed by atoms with E-state index < -0.39 is 41.4 Å². The molecule has 0 bridgehead atoms. The van der Waals surface area contributed by atoms with Crippen molar-refractivity contribution >= 4 is 11.7 Å². The van der Waals surface area contributed by atoms with E-state index in [4.69, 9.17) is 0 Å². The highest BCUT2D eigenvalue weighted by Gasteiger charge is 2.37. The molecule has 1 unspecified atom stereocenters. The van der Waals surface area contributed by atoms with Crippen LogP contribution in [0.2, 0.25) is 0 Å². The Kier molecular flexibility index (Phi) is 6.09. The second-order valence-electron chi connectivity index (χ2n) is 6.18. The summed E-state index contributed by atoms with van der Waals surface area (Å²) in [6, 6.07) is 3.91. The topological polar surface area (TPSA) is 79.8 Å². The SMILES string of the molecule is O=C(Nc1cccnc1)NC(c1ccc(C(F)(F)F)nc1)c1ncccc1C(F)(F)F. The molecule has 0 saturated carbocycles. The first-order chi connectivity index (χ1) is 14.6. The Morgan fingerprint density at radius 2 is 1.61 bits per heavy atom. The van der Waals surface area contributed by atoms with Gasteiger partial charge < -0.3 is 10.6 Å². The molecule has 0 saturated heterocycles. The van der Waals surface area contributed by atoms with E-state index in [-0.39, 0.29) is 11.3 Å². The molecule has 162 valence electrons. The van der Waals surface area contributed by atoms with Crippen molar-refractivity contribution in [2.45, 2.75) is 18.4 Å². The van der Waals surface area contributed by atoms with Crippen molar-refractivity contribution in [2.24, 2.45) is 0 Å². The molecule has 0 aliphatic rings. The Labute approximate surface area is 171 Å². The van der Waals surface area contributed by atoms with Crippen LogP contribution in [0.1, 0.15) is 28.6 Å². The first-order valence-electron chi connectivity index (χ1n) is 8.58. The number of anilines is 1. The molecule has 0 spiro atoms. The van der Waals surface area contributed by atoms with Gasteiger partial charge in [-0.2, -0.15) is 26.3 Å². The van der Waals surface area contributed by atoms with Crippen LogP contribution in [0.15, 0.2) is 61.2 Å². The molecule has 2 amide bonds. The van der Waals surface area contributed by atoms with E-state index in [0.29, 0.717) is 6.07 Å². The van der Waals surface area contributed by atoms with Gasteiger partial charge in [-0.3, -0.25) is 15.0 Å². The number of halogens is 6. The zero-order valence-corrected chi connectivity index (χ0v) is 15.4. The van der Waals surface area contributed by atoms with Gasteiger partial charge in [-0.1, -0.05) is 6.07 Å². The average molecular weight is 441 g/mol. The van der Waals surface area contributed by atoms with E-state index in [1.165, 1.54) is 24.5 Å². The monoisotopic (exact) mass is 441 g/mol. The predicted molar refractivity (Wildman–Crippen MR) is 96.7 cm³/mol. The molecule has 1 atom stereocenters. The number of alkyl halides is 6. The molecule has 6 nitrogen and oxygen atoms in total. The van der Waals surface area contributed by atoms with Crippen molar-refractivity contribution < 1.29 is 31.1 Å². The highest BCUT2D eigenvalue weighted by Crippen LogP contribution is 2.36. The Bertz CT molecular complexity index is 1040. The fourth-order valence-corrected chi connectivity index (χ4v) is 2.68. The minimum Gasteiger partial charge on any atom is -0.325 e. The first-order valence-corrected chi connectivity index (χ1v) is 8.58. The van der Waals surface area contributed by atoms with E-state index in [2.05, 4.69) is 25.6 Å². The standard InChI is InChI=1S/C19H13F6N5O/c20-18(21,22)13-4-2-8-27-16(13)15(11-5-6-14(28-9-11)19(23,24)25)30-17(31)29-12-3-1-7-26-10-12/h1-10,15H,(H2,29,30,31). The molecule has 0 radical (unpaired) electrons. The minimum absolute atomic E-state index is 0.126. The highest BCUT2D eigenvalue weighted by atomic mass is 19.4. The maximum atomic E-state index is 13.5. The van der Waals surface area contributed by atoms with Gasteiger partial charge in [0.15, 0.2) is 0 Å². The number of hydrogen-bond donors (Lipinski definition) is 2. The summed E-state index contributed by atoms with van der Waals surface area (Å²) < 4.78 is 78.9. The van der Waals surface area contributed by atoms with Crippen molar-refractivity contribution in [3.05, 3.63) is 83.7 Å². The van der Waals surface area contributed by atoms with Crippen molar-refractivity contribution in [3.63, 3.8) is 0 Å². The molecule has 3 rings (SSSR count). The number of pyridine rings is 3. The second-order valence-corrected chi connectivity index (χ2v) is 6.18. The van der Waals surface area contributed by atoms with Gasteiger partial charge in [-0.15, -0.1) is 0 Å². The van der Waals surface area contributed by atoms with Crippen LogP contribution in [0.5, 0.6) is 0 Å². The number of urea groups is 1. The zero-order valence-electron chi connectivity index (χ0n) is 15.4. The Morgan fingerprint density at radius 1 is 0.871 bits per heavy atom. The van der Waals surface area contributed by atoms with E-state index in [9.17, 15) is 31.1 Å². The number of aromatic nitrogens is 3. The van der Waals surface area contributed by atoms with Crippen LogP contribution in [0, 0.1) is 0 Å². The van der Waals surface area contributed by atoms with E-state index >= 15 is 0 Å². The van der Waals surface area contributed by atoms with Gasteiger partial charge in [-0.25, -0.2) is 4.79 Å². The lowest BCUT2D eigenvalue weighted by Gasteiger charge is -2.22. The van der Waals surface area contributed by atoms with Gasteiger partial charge in [0.25, 0.3) is 0 Å². The molecule has 3 aromatic heterocycles. The molecule has 0 fully saturated rings. The lowest BCUT2D eigenvalue weighted by Crippen LogP contribution is -2.35. The fourth-order valence-electron chi connectivity index (χ4n) is 2.68. The zero-order chi connectivity index (χ0) is 22.6. The lowest BCUT2D eigenvalue weighted by molar-refractivity contribution is -0.141. The number of rotatable bonds is 4. The van der Waals surface area contributed by atoms with Crippen LogP contribution >= 0.6 is 0 Å². The van der Waals surface area contributed by atoms with Crippen LogP contribution in [-0.4, -0.2) is 21.0 Å². The van der Waals surface area contributed by atoms with Crippen LogP contribution in [0.25, 0.3) is 0 Å². The number of carbonyl (C=O) groups is 1. The molecule has 3 aromatic rings. The molecule has 2 N–H and O–H groups in total. The maximum absolute atomic E-state index is 13.5. The molecule has 0 aliphatic heterocycles. The van der Waals surface area contributed by atoms with E-state index in [1.807, 2.05) is 0 Å². The molecule has 3 heterocycles. The Hall–Kier alpha value is -3.70. The van der Waals surface area contributed by atoms with Crippen molar-refractivity contribution in [1.82, 2.24) is 20.3 Å². The second kappa shape index (κ2) is 8.58. The molecule has 0 aromatic carbocycles. The summed E-state index contributed by atoms with van der Waals surface area (Å²) in [5.41, 5.74) is -2.86. The normalized spacial score (nSPS) is 12.8. The van der Waals surface area contributed by atoms with Gasteiger partial charge >= 0.3 is 18.4 Å². The summed E-state index contributed by atoms with van der Waals surface area (Å²) in [6.07, 6.45) is -4.98. The highest BCUT2D eigenvalue weighted by molar-refractivity contribution is 5.89. The van der Waals surface area contributed by atoms with E-state index in [0.717, 1.165) is 30.6 Å². The summed E-state index contributed by atoms with van der Waals surface area (Å²) in [6.45, 7) is 0.